The summed E-state index contributed by atoms with van der Waals surface area (Å²) in [7, 11) is 0. The minimum absolute atomic E-state index is 0.293. The first-order valence-corrected chi connectivity index (χ1v) is 6.89. The van der Waals surface area contributed by atoms with Gasteiger partial charge in [-0.3, -0.25) is 9.59 Å². The number of carbonyl (C=O) groups excluding carboxylic acids is 2. The van der Waals surface area contributed by atoms with Crippen LogP contribution in [-0.4, -0.2) is 11.8 Å². The molecule has 0 spiro atoms. The average molecular weight is 323 g/mol. The predicted octanol–water partition coefficient (Wildman–Crippen LogP) is 3.96. The van der Waals surface area contributed by atoms with Gasteiger partial charge in [-0.15, -0.1) is 0 Å². The van der Waals surface area contributed by atoms with Gasteiger partial charge in [-0.1, -0.05) is 41.4 Å². The van der Waals surface area contributed by atoms with Crippen LogP contribution in [0.15, 0.2) is 48.5 Å². The van der Waals surface area contributed by atoms with Crippen molar-refractivity contribution in [1.29, 1.82) is 0 Å². The van der Waals surface area contributed by atoms with Crippen molar-refractivity contribution in [2.75, 3.05) is 10.6 Å². The number of rotatable bonds is 4. The van der Waals surface area contributed by atoms with Crippen molar-refractivity contribution in [3.8, 4) is 0 Å². The van der Waals surface area contributed by atoms with Crippen molar-refractivity contribution >= 4 is 46.4 Å². The fourth-order valence-electron chi connectivity index (χ4n) is 1.70. The molecule has 2 rings (SSSR count). The maximum atomic E-state index is 11.8. The van der Waals surface area contributed by atoms with Gasteiger partial charge in [0, 0.05) is 21.4 Å². The van der Waals surface area contributed by atoms with E-state index in [0.717, 1.165) is 0 Å². The lowest BCUT2D eigenvalue weighted by Gasteiger charge is -2.07. The minimum Gasteiger partial charge on any atom is -0.326 e. The molecular weight excluding hydrogens is 311 g/mol. The number of hydrogen-bond donors (Lipinski definition) is 2. The van der Waals surface area contributed by atoms with Crippen LogP contribution in [0.4, 0.5) is 11.4 Å². The molecule has 0 heterocycles. The van der Waals surface area contributed by atoms with Crippen LogP contribution in [0, 0.1) is 0 Å². The van der Waals surface area contributed by atoms with Gasteiger partial charge in [-0.05, 0) is 30.3 Å². The molecule has 108 valence electrons. The minimum atomic E-state index is -0.443. The quantitative estimate of drug-likeness (QED) is 0.837. The number of benzene rings is 2. The fourth-order valence-corrected chi connectivity index (χ4v) is 2.23. The molecule has 0 aromatic heterocycles. The zero-order valence-electron chi connectivity index (χ0n) is 10.9. The topological polar surface area (TPSA) is 58.2 Å². The number of para-hydroxylation sites is 1. The summed E-state index contributed by atoms with van der Waals surface area (Å²) in [4.78, 5) is 23.5. The van der Waals surface area contributed by atoms with Gasteiger partial charge < -0.3 is 10.6 Å². The van der Waals surface area contributed by atoms with Crippen molar-refractivity contribution in [3.63, 3.8) is 0 Å². The Hall–Kier alpha value is -2.04. The first-order chi connectivity index (χ1) is 10.0. The Kier molecular flexibility index (Phi) is 5.20. The molecule has 0 atom stereocenters. The predicted molar refractivity (Wildman–Crippen MR) is 84.8 cm³/mol. The summed E-state index contributed by atoms with van der Waals surface area (Å²) in [6, 6.07) is 13.6. The third kappa shape index (κ3) is 5.10. The zero-order valence-corrected chi connectivity index (χ0v) is 12.4. The summed E-state index contributed by atoms with van der Waals surface area (Å²) >= 11 is 11.7. The summed E-state index contributed by atoms with van der Waals surface area (Å²) in [6.45, 7) is 0. The van der Waals surface area contributed by atoms with Crippen LogP contribution in [0.2, 0.25) is 10.0 Å². The lowest BCUT2D eigenvalue weighted by atomic mass is 10.3. The third-order valence-electron chi connectivity index (χ3n) is 2.52. The molecule has 0 saturated carbocycles. The Morgan fingerprint density at radius 3 is 1.90 bits per heavy atom. The molecule has 0 aliphatic heterocycles. The number of nitrogens with one attached hydrogen (secondary N) is 2. The number of halogens is 2. The van der Waals surface area contributed by atoms with Crippen molar-refractivity contribution in [2.24, 2.45) is 0 Å². The summed E-state index contributed by atoms with van der Waals surface area (Å²) < 4.78 is 0. The SMILES string of the molecule is O=C(CC(=O)Nc1cc(Cl)cc(Cl)c1)Nc1ccccc1. The van der Waals surface area contributed by atoms with E-state index in [1.807, 2.05) is 6.07 Å². The van der Waals surface area contributed by atoms with Crippen LogP contribution in [0.25, 0.3) is 0 Å². The standard InChI is InChI=1S/C15H12Cl2N2O2/c16-10-6-11(17)8-13(7-10)19-15(21)9-14(20)18-12-4-2-1-3-5-12/h1-8H,9H2,(H,18,20)(H,19,21). The van der Waals surface area contributed by atoms with E-state index in [4.69, 9.17) is 23.2 Å². The van der Waals surface area contributed by atoms with Gasteiger partial charge in [0.25, 0.3) is 0 Å². The van der Waals surface area contributed by atoms with E-state index in [0.29, 0.717) is 21.4 Å². The van der Waals surface area contributed by atoms with Crippen LogP contribution < -0.4 is 10.6 Å². The van der Waals surface area contributed by atoms with Crippen molar-refractivity contribution in [1.82, 2.24) is 0 Å². The Morgan fingerprint density at radius 1 is 0.810 bits per heavy atom. The summed E-state index contributed by atoms with van der Waals surface area (Å²) in [6.07, 6.45) is -0.293. The second-order valence-corrected chi connectivity index (χ2v) is 5.17. The third-order valence-corrected chi connectivity index (χ3v) is 2.96. The molecule has 6 heteroatoms. The molecule has 2 aromatic rings. The molecule has 0 saturated heterocycles. The van der Waals surface area contributed by atoms with Gasteiger partial charge >= 0.3 is 0 Å². The number of amides is 2. The van der Waals surface area contributed by atoms with E-state index >= 15 is 0 Å². The van der Waals surface area contributed by atoms with E-state index in [1.165, 1.54) is 0 Å². The molecule has 0 unspecified atom stereocenters. The van der Waals surface area contributed by atoms with Gasteiger partial charge in [0.2, 0.25) is 11.8 Å². The smallest absolute Gasteiger partial charge is 0.233 e. The van der Waals surface area contributed by atoms with E-state index < -0.39 is 11.8 Å². The van der Waals surface area contributed by atoms with Gasteiger partial charge in [0.1, 0.15) is 6.42 Å². The highest BCUT2D eigenvalue weighted by atomic mass is 35.5. The first kappa shape index (κ1) is 15.4. The van der Waals surface area contributed by atoms with Crippen LogP contribution in [0.3, 0.4) is 0 Å². The van der Waals surface area contributed by atoms with E-state index in [9.17, 15) is 9.59 Å². The first-order valence-electron chi connectivity index (χ1n) is 6.14. The van der Waals surface area contributed by atoms with Crippen LogP contribution in [0.5, 0.6) is 0 Å². The van der Waals surface area contributed by atoms with Crippen molar-refractivity contribution < 1.29 is 9.59 Å². The highest BCUT2D eigenvalue weighted by Crippen LogP contribution is 2.22. The molecule has 0 fully saturated rings. The Labute approximate surface area is 132 Å². The van der Waals surface area contributed by atoms with Gasteiger partial charge in [0.15, 0.2) is 0 Å². The Morgan fingerprint density at radius 2 is 1.33 bits per heavy atom. The molecule has 0 bridgehead atoms. The maximum absolute atomic E-state index is 11.8. The van der Waals surface area contributed by atoms with E-state index in [2.05, 4.69) is 10.6 Å². The highest BCUT2D eigenvalue weighted by Gasteiger charge is 2.10. The van der Waals surface area contributed by atoms with Crippen LogP contribution >= 0.6 is 23.2 Å². The molecule has 4 nitrogen and oxygen atoms in total. The largest absolute Gasteiger partial charge is 0.326 e. The number of hydrogen-bond acceptors (Lipinski definition) is 2. The molecule has 0 aliphatic carbocycles. The maximum Gasteiger partial charge on any atom is 0.233 e. The second-order valence-electron chi connectivity index (χ2n) is 4.30. The molecule has 0 aliphatic rings. The lowest BCUT2D eigenvalue weighted by Crippen LogP contribution is -2.21. The fraction of sp³-hybridized carbons (Fsp3) is 0.0667. The van der Waals surface area contributed by atoms with Gasteiger partial charge in [-0.25, -0.2) is 0 Å². The summed E-state index contributed by atoms with van der Waals surface area (Å²) in [5, 5.41) is 6.02. The Balaban J connectivity index is 1.91. The van der Waals surface area contributed by atoms with Crippen LogP contribution in [-0.2, 0) is 9.59 Å². The highest BCUT2D eigenvalue weighted by molar-refractivity contribution is 6.35. The van der Waals surface area contributed by atoms with Crippen LogP contribution in [0.1, 0.15) is 6.42 Å². The normalized spacial score (nSPS) is 10.0. The second kappa shape index (κ2) is 7.11. The number of anilines is 2. The van der Waals surface area contributed by atoms with Gasteiger partial charge in [-0.2, -0.15) is 0 Å². The van der Waals surface area contributed by atoms with Crippen molar-refractivity contribution in [3.05, 3.63) is 58.6 Å². The molecular formula is C15H12Cl2N2O2. The monoisotopic (exact) mass is 322 g/mol. The molecule has 2 aromatic carbocycles. The Bertz CT molecular complexity index is 640. The summed E-state index contributed by atoms with van der Waals surface area (Å²) in [5.74, 6) is -0.839. The average Bonchev–Trinajstić information content (AvgIpc) is 2.37. The van der Waals surface area contributed by atoms with E-state index in [-0.39, 0.29) is 6.42 Å². The zero-order chi connectivity index (χ0) is 15.2. The van der Waals surface area contributed by atoms with Crippen molar-refractivity contribution in [2.45, 2.75) is 6.42 Å². The van der Waals surface area contributed by atoms with E-state index in [1.54, 1.807) is 42.5 Å². The molecule has 21 heavy (non-hydrogen) atoms. The molecule has 2 N–H and O–H groups in total. The lowest BCUT2D eigenvalue weighted by molar-refractivity contribution is -0.123. The summed E-state index contributed by atoms with van der Waals surface area (Å²) in [5.41, 5.74) is 1.09. The molecule has 0 radical (unpaired) electrons. The van der Waals surface area contributed by atoms with Gasteiger partial charge in [0.05, 0.1) is 0 Å². The number of carbonyl (C=O) groups is 2. The molecule has 2 amide bonds.